The Morgan fingerprint density at radius 1 is 1.12 bits per heavy atom. The summed E-state index contributed by atoms with van der Waals surface area (Å²) in [6.07, 6.45) is 4.76. The number of fused-ring (bicyclic) bond motifs is 5. The number of rotatable bonds is 2. The molecule has 5 rings (SSSR count). The van der Waals surface area contributed by atoms with Crippen LogP contribution < -0.4 is 0 Å². The molecule has 2 aliphatic rings. The summed E-state index contributed by atoms with van der Waals surface area (Å²) in [5.74, 6) is 0. The van der Waals surface area contributed by atoms with Crippen LogP contribution in [0.3, 0.4) is 0 Å². The highest BCUT2D eigenvalue weighted by Gasteiger charge is 2.39. The highest BCUT2D eigenvalue weighted by molar-refractivity contribution is 6.40. The molecule has 2 aromatic carbocycles. The number of aromatic nitrogens is 1. The number of allylic oxidation sites excluding steroid dienone is 2. The molecule has 0 unspecified atom stereocenters. The van der Waals surface area contributed by atoms with Crippen LogP contribution >= 0.6 is 0 Å². The minimum Gasteiger partial charge on any atom is -0.427 e. The predicted molar refractivity (Wildman–Crippen MR) is 106 cm³/mol. The van der Waals surface area contributed by atoms with Crippen molar-refractivity contribution in [3.63, 3.8) is 0 Å². The number of aryl methyl sites for hydroxylation is 1. The molecule has 0 atom stereocenters. The summed E-state index contributed by atoms with van der Waals surface area (Å²) >= 11 is 0. The highest BCUT2D eigenvalue weighted by atomic mass is 16.4. The Morgan fingerprint density at radius 2 is 1.92 bits per heavy atom. The zero-order valence-electron chi connectivity index (χ0n) is 15.2. The highest BCUT2D eigenvalue weighted by Crippen LogP contribution is 2.51. The largest absolute Gasteiger partial charge is 0.456 e. The van der Waals surface area contributed by atoms with E-state index in [0.29, 0.717) is 0 Å². The molecule has 130 valence electrons. The molecule has 3 nitrogen and oxygen atoms in total. The molecule has 0 radical (unpaired) electrons. The maximum atomic E-state index is 9.36. The van der Waals surface area contributed by atoms with Gasteiger partial charge in [-0.2, -0.15) is 0 Å². The van der Waals surface area contributed by atoms with Gasteiger partial charge in [-0.05, 0) is 53.3 Å². The molecule has 2 heterocycles. The molecule has 0 spiro atoms. The van der Waals surface area contributed by atoms with Crippen LogP contribution in [0.2, 0.25) is 0 Å². The van der Waals surface area contributed by atoms with E-state index in [9.17, 15) is 10.0 Å². The average Bonchev–Trinajstić information content (AvgIpc) is 2.94. The number of nitrogens with zero attached hydrogens (tertiary/aromatic N) is 1. The van der Waals surface area contributed by atoms with E-state index in [-0.39, 0.29) is 11.7 Å². The van der Waals surface area contributed by atoms with Gasteiger partial charge < -0.3 is 14.6 Å². The Balaban J connectivity index is 1.88. The third-order valence-electron chi connectivity index (χ3n) is 6.04. The molecule has 0 fully saturated rings. The second kappa shape index (κ2) is 5.35. The summed E-state index contributed by atoms with van der Waals surface area (Å²) in [5, 5.41) is 20.0. The SMILES string of the molecule is CC1(C)C2=CCCc3c2n(c2ccc(CB(O)O)cc32)-c2ccccc21. The molecular weight excluding hydrogens is 321 g/mol. The van der Waals surface area contributed by atoms with Crippen molar-refractivity contribution >= 4 is 23.6 Å². The lowest BCUT2D eigenvalue weighted by Gasteiger charge is -2.38. The molecule has 0 bridgehead atoms. The van der Waals surface area contributed by atoms with Crippen LogP contribution in [-0.4, -0.2) is 21.7 Å². The lowest BCUT2D eigenvalue weighted by molar-refractivity contribution is 0.405. The normalized spacial score (nSPS) is 16.8. The van der Waals surface area contributed by atoms with Gasteiger partial charge in [0.1, 0.15) is 0 Å². The fraction of sp³-hybridized carbons (Fsp3) is 0.273. The van der Waals surface area contributed by atoms with Crippen LogP contribution in [0.5, 0.6) is 0 Å². The number of hydrogen-bond donors (Lipinski definition) is 2. The molecule has 1 aromatic heterocycles. The Bertz CT molecular complexity index is 1080. The van der Waals surface area contributed by atoms with Gasteiger partial charge in [0.25, 0.3) is 0 Å². The first-order valence-electron chi connectivity index (χ1n) is 9.31. The fourth-order valence-corrected chi connectivity index (χ4v) is 4.88. The molecule has 4 heteroatoms. The first-order valence-corrected chi connectivity index (χ1v) is 9.31. The Morgan fingerprint density at radius 3 is 2.73 bits per heavy atom. The van der Waals surface area contributed by atoms with Crippen molar-refractivity contribution in [3.05, 3.63) is 70.9 Å². The molecule has 1 aliphatic heterocycles. The topological polar surface area (TPSA) is 45.4 Å². The van der Waals surface area contributed by atoms with E-state index in [0.717, 1.165) is 18.4 Å². The molecular formula is C22H22BNO2. The first-order chi connectivity index (χ1) is 12.5. The van der Waals surface area contributed by atoms with Gasteiger partial charge in [0.05, 0.1) is 16.9 Å². The summed E-state index contributed by atoms with van der Waals surface area (Å²) in [7, 11) is -1.31. The van der Waals surface area contributed by atoms with E-state index >= 15 is 0 Å². The third-order valence-corrected chi connectivity index (χ3v) is 6.04. The molecule has 2 N–H and O–H groups in total. The monoisotopic (exact) mass is 343 g/mol. The van der Waals surface area contributed by atoms with Gasteiger partial charge in [-0.25, -0.2) is 0 Å². The van der Waals surface area contributed by atoms with Gasteiger partial charge in [0.15, 0.2) is 0 Å². The molecule has 3 aromatic rings. The van der Waals surface area contributed by atoms with E-state index in [4.69, 9.17) is 0 Å². The second-order valence-corrected chi connectivity index (χ2v) is 8.00. The Labute approximate surface area is 153 Å². The van der Waals surface area contributed by atoms with Gasteiger partial charge >= 0.3 is 7.12 Å². The summed E-state index contributed by atoms with van der Waals surface area (Å²) in [4.78, 5) is 0. The smallest absolute Gasteiger partial charge is 0.427 e. The molecule has 0 saturated carbocycles. The van der Waals surface area contributed by atoms with Crippen LogP contribution in [0, 0.1) is 0 Å². The first kappa shape index (κ1) is 15.9. The predicted octanol–water partition coefficient (Wildman–Crippen LogP) is 3.81. The lowest BCUT2D eigenvalue weighted by atomic mass is 9.71. The standard InChI is InChI=1S/C22H22BNO2/c1-22(2)17-7-3-4-9-20(17)24-19-11-10-14(13-23(25)26)12-16(19)15-6-5-8-18(22)21(15)24/h3-4,7-12,25-26H,5-6,13H2,1-2H3. The van der Waals surface area contributed by atoms with Crippen molar-refractivity contribution in [2.75, 3.05) is 0 Å². The lowest BCUT2D eigenvalue weighted by Crippen LogP contribution is -2.29. The zero-order chi connectivity index (χ0) is 18.1. The van der Waals surface area contributed by atoms with Gasteiger partial charge in [0, 0.05) is 17.1 Å². The minimum atomic E-state index is -1.31. The number of para-hydroxylation sites is 1. The van der Waals surface area contributed by atoms with E-state index in [1.807, 2.05) is 6.07 Å². The minimum absolute atomic E-state index is 0.0136. The van der Waals surface area contributed by atoms with Crippen molar-refractivity contribution in [2.24, 2.45) is 0 Å². The molecule has 0 saturated heterocycles. The zero-order valence-corrected chi connectivity index (χ0v) is 15.2. The van der Waals surface area contributed by atoms with Gasteiger partial charge in [-0.3, -0.25) is 0 Å². The molecule has 0 amide bonds. The summed E-state index contributed by atoms with van der Waals surface area (Å²) in [5.41, 5.74) is 8.94. The van der Waals surface area contributed by atoms with E-state index < -0.39 is 7.12 Å². The summed E-state index contributed by atoms with van der Waals surface area (Å²) < 4.78 is 2.41. The summed E-state index contributed by atoms with van der Waals surface area (Å²) in [6.45, 7) is 4.64. The van der Waals surface area contributed by atoms with Crippen molar-refractivity contribution in [3.8, 4) is 5.69 Å². The number of hydrogen-bond acceptors (Lipinski definition) is 2. The summed E-state index contributed by atoms with van der Waals surface area (Å²) in [6, 6.07) is 15.0. The maximum Gasteiger partial charge on any atom is 0.456 e. The quantitative estimate of drug-likeness (QED) is 0.695. The van der Waals surface area contributed by atoms with Crippen molar-refractivity contribution in [2.45, 2.75) is 38.4 Å². The van der Waals surface area contributed by atoms with E-state index in [1.165, 1.54) is 39.0 Å². The molecule has 26 heavy (non-hydrogen) atoms. The van der Waals surface area contributed by atoms with Gasteiger partial charge in [-0.1, -0.05) is 44.2 Å². The third kappa shape index (κ3) is 2.03. The average molecular weight is 343 g/mol. The van der Waals surface area contributed by atoms with E-state index in [1.54, 1.807) is 0 Å². The van der Waals surface area contributed by atoms with Crippen LogP contribution in [0.4, 0.5) is 0 Å². The second-order valence-electron chi connectivity index (χ2n) is 8.00. The van der Waals surface area contributed by atoms with E-state index in [2.05, 4.69) is 60.9 Å². The van der Waals surface area contributed by atoms with Gasteiger partial charge in [-0.15, -0.1) is 0 Å². The van der Waals surface area contributed by atoms with Crippen LogP contribution in [0.1, 0.15) is 42.7 Å². The van der Waals surface area contributed by atoms with Crippen LogP contribution in [0.15, 0.2) is 48.5 Å². The van der Waals surface area contributed by atoms with Crippen molar-refractivity contribution in [1.82, 2.24) is 4.57 Å². The van der Waals surface area contributed by atoms with Crippen molar-refractivity contribution < 1.29 is 10.0 Å². The molecule has 1 aliphatic carbocycles. The number of benzene rings is 2. The van der Waals surface area contributed by atoms with Crippen molar-refractivity contribution in [1.29, 1.82) is 0 Å². The van der Waals surface area contributed by atoms with Crippen LogP contribution in [0.25, 0.3) is 22.2 Å². The van der Waals surface area contributed by atoms with Crippen LogP contribution in [-0.2, 0) is 18.2 Å². The van der Waals surface area contributed by atoms with Gasteiger partial charge in [0.2, 0.25) is 0 Å². The fourth-order valence-electron chi connectivity index (χ4n) is 4.88. The Kier molecular flexibility index (Phi) is 3.28. The Hall–Kier alpha value is -2.30. The maximum absolute atomic E-state index is 9.36.